The summed E-state index contributed by atoms with van der Waals surface area (Å²) in [5.74, 6) is 0. The van der Waals surface area contributed by atoms with E-state index in [1.54, 1.807) is 12.4 Å². The van der Waals surface area contributed by atoms with Crippen molar-refractivity contribution < 1.29 is 4.48 Å². The predicted molar refractivity (Wildman–Crippen MR) is 60.8 cm³/mol. The Bertz CT molecular complexity index is 370. The van der Waals surface area contributed by atoms with Crippen LogP contribution in [0.15, 0.2) is 24.5 Å². The van der Waals surface area contributed by atoms with Crippen LogP contribution < -0.4 is 4.90 Å². The van der Waals surface area contributed by atoms with Gasteiger partial charge in [0.1, 0.15) is 0 Å². The topological polar surface area (TPSA) is 19.4 Å². The molecule has 0 unspecified atom stereocenters. The zero-order chi connectivity index (χ0) is 11.1. The Kier molecular flexibility index (Phi) is 2.32. The van der Waals surface area contributed by atoms with Crippen LogP contribution in [0.1, 0.15) is 19.8 Å². The van der Waals surface area contributed by atoms with Gasteiger partial charge in [-0.25, -0.2) is 0 Å². The molecule has 0 aromatic carbocycles. The third-order valence-corrected chi connectivity index (χ3v) is 3.91. The highest BCUT2D eigenvalue weighted by Crippen LogP contribution is 2.36. The lowest BCUT2D eigenvalue weighted by Crippen LogP contribution is -2.55. The Morgan fingerprint density at radius 2 is 2.06 bits per heavy atom. The van der Waals surface area contributed by atoms with Crippen LogP contribution in [0.3, 0.4) is 0 Å². The van der Waals surface area contributed by atoms with Crippen LogP contribution in [-0.4, -0.2) is 34.8 Å². The first kappa shape index (κ1) is 10.0. The third-order valence-electron chi connectivity index (χ3n) is 3.91. The molecule has 86 valence electrons. The molecule has 1 aromatic heterocycles. The molecule has 3 heterocycles. The van der Waals surface area contributed by atoms with Crippen LogP contribution in [0.4, 0.5) is 10.2 Å². The van der Waals surface area contributed by atoms with Crippen molar-refractivity contribution in [2.75, 3.05) is 11.4 Å². The van der Waals surface area contributed by atoms with Gasteiger partial charge < -0.3 is 4.90 Å². The van der Waals surface area contributed by atoms with Crippen molar-refractivity contribution >= 4 is 5.69 Å². The standard InChI is InChI=1S/C12H16FN3/c1-9-12-3-2-11(16(12)13)8-15(9)10-4-6-14-7-5-10/h4-7,9,11-12H,2-3,8H2,1H3/t9-,11+,12-/m1/s1. The van der Waals surface area contributed by atoms with Crippen LogP contribution in [0, 0.1) is 0 Å². The van der Waals surface area contributed by atoms with Crippen molar-refractivity contribution in [1.82, 2.24) is 10.1 Å². The lowest BCUT2D eigenvalue weighted by Gasteiger charge is -2.42. The molecule has 2 aliphatic heterocycles. The molecule has 16 heavy (non-hydrogen) atoms. The quantitative estimate of drug-likeness (QED) is 0.676. The number of anilines is 1. The second-order valence-corrected chi connectivity index (χ2v) is 4.74. The second-order valence-electron chi connectivity index (χ2n) is 4.74. The van der Waals surface area contributed by atoms with Gasteiger partial charge in [-0.15, -0.1) is 9.60 Å². The largest absolute Gasteiger partial charge is 0.365 e. The summed E-state index contributed by atoms with van der Waals surface area (Å²) >= 11 is 0. The minimum Gasteiger partial charge on any atom is -0.365 e. The summed E-state index contributed by atoms with van der Waals surface area (Å²) in [6.45, 7) is 2.90. The minimum atomic E-state index is 0.0620. The van der Waals surface area contributed by atoms with Crippen molar-refractivity contribution in [3.63, 3.8) is 0 Å². The Morgan fingerprint density at radius 1 is 1.31 bits per heavy atom. The fourth-order valence-electron chi connectivity index (χ4n) is 2.97. The number of nitrogens with zero attached hydrogens (tertiary/aromatic N) is 3. The summed E-state index contributed by atoms with van der Waals surface area (Å²) in [6, 6.07) is 4.39. The van der Waals surface area contributed by atoms with Crippen LogP contribution >= 0.6 is 0 Å². The van der Waals surface area contributed by atoms with E-state index in [1.165, 1.54) is 0 Å². The molecule has 3 atom stereocenters. The van der Waals surface area contributed by atoms with Gasteiger partial charge in [0.05, 0.1) is 12.1 Å². The highest BCUT2D eigenvalue weighted by Gasteiger charge is 2.45. The fraction of sp³-hybridized carbons (Fsp3) is 0.583. The summed E-state index contributed by atoms with van der Waals surface area (Å²) in [7, 11) is 0. The molecule has 3 rings (SSSR count). The summed E-state index contributed by atoms with van der Waals surface area (Å²) in [5, 5.41) is 1.07. The molecular weight excluding hydrogens is 205 g/mol. The predicted octanol–water partition coefficient (Wildman–Crippen LogP) is 2.01. The van der Waals surface area contributed by atoms with Gasteiger partial charge in [-0.05, 0) is 31.9 Å². The maximum atomic E-state index is 13.8. The van der Waals surface area contributed by atoms with E-state index in [2.05, 4.69) is 16.8 Å². The molecule has 0 amide bonds. The third kappa shape index (κ3) is 1.40. The van der Waals surface area contributed by atoms with Crippen LogP contribution in [-0.2, 0) is 0 Å². The number of hydrogen-bond acceptors (Lipinski definition) is 3. The summed E-state index contributed by atoms with van der Waals surface area (Å²) < 4.78 is 13.8. The number of piperazine rings is 1. The summed E-state index contributed by atoms with van der Waals surface area (Å²) in [6.07, 6.45) is 5.55. The first-order chi connectivity index (χ1) is 7.77. The van der Waals surface area contributed by atoms with Crippen molar-refractivity contribution in [1.29, 1.82) is 0 Å². The van der Waals surface area contributed by atoms with E-state index in [0.717, 1.165) is 30.2 Å². The first-order valence-electron chi connectivity index (χ1n) is 5.88. The smallest absolute Gasteiger partial charge is 0.0607 e. The molecular formula is C12H16FN3. The van der Waals surface area contributed by atoms with Crippen molar-refractivity contribution in [3.8, 4) is 0 Å². The highest BCUT2D eigenvalue weighted by molar-refractivity contribution is 5.47. The number of rotatable bonds is 1. The summed E-state index contributed by atoms with van der Waals surface area (Å²) in [5.41, 5.74) is 1.16. The number of halogens is 1. The van der Waals surface area contributed by atoms with Crippen molar-refractivity contribution in [2.45, 2.75) is 37.9 Å². The van der Waals surface area contributed by atoms with Gasteiger partial charge in [-0.2, -0.15) is 0 Å². The molecule has 3 nitrogen and oxygen atoms in total. The van der Waals surface area contributed by atoms with Crippen molar-refractivity contribution in [2.24, 2.45) is 0 Å². The van der Waals surface area contributed by atoms with E-state index in [-0.39, 0.29) is 18.1 Å². The molecule has 0 saturated carbocycles. The van der Waals surface area contributed by atoms with E-state index in [9.17, 15) is 4.48 Å². The van der Waals surface area contributed by atoms with Crippen LogP contribution in [0.2, 0.25) is 0 Å². The van der Waals surface area contributed by atoms with E-state index in [4.69, 9.17) is 0 Å². The molecule has 2 saturated heterocycles. The Morgan fingerprint density at radius 3 is 2.81 bits per heavy atom. The van der Waals surface area contributed by atoms with E-state index < -0.39 is 0 Å². The maximum Gasteiger partial charge on any atom is 0.0607 e. The SMILES string of the molecule is C[C@@H]1[C@H]2CC[C@@H](CN1c1ccncc1)N2F. The molecule has 2 bridgehead atoms. The average Bonchev–Trinajstić information content (AvgIpc) is 2.57. The van der Waals surface area contributed by atoms with E-state index in [1.807, 2.05) is 12.1 Å². The second kappa shape index (κ2) is 3.70. The molecule has 2 aliphatic rings. The minimum absolute atomic E-state index is 0.0620. The van der Waals surface area contributed by atoms with Gasteiger partial charge in [0.25, 0.3) is 0 Å². The normalized spacial score (nSPS) is 34.4. The molecule has 4 heteroatoms. The molecule has 0 spiro atoms. The number of aromatic nitrogens is 1. The lowest BCUT2D eigenvalue weighted by molar-refractivity contribution is -0.0499. The molecule has 0 N–H and O–H groups in total. The summed E-state index contributed by atoms with van der Waals surface area (Å²) in [4.78, 5) is 6.33. The number of pyridine rings is 1. The monoisotopic (exact) mass is 221 g/mol. The molecule has 0 aliphatic carbocycles. The molecule has 2 fully saturated rings. The molecule has 1 aromatic rings. The Hall–Kier alpha value is -1.16. The zero-order valence-corrected chi connectivity index (χ0v) is 9.38. The average molecular weight is 221 g/mol. The van der Waals surface area contributed by atoms with Crippen LogP contribution in [0.25, 0.3) is 0 Å². The van der Waals surface area contributed by atoms with E-state index >= 15 is 0 Å². The van der Waals surface area contributed by atoms with Crippen molar-refractivity contribution in [3.05, 3.63) is 24.5 Å². The Labute approximate surface area is 94.8 Å². The van der Waals surface area contributed by atoms with Gasteiger partial charge >= 0.3 is 0 Å². The number of hydrogen-bond donors (Lipinski definition) is 0. The van der Waals surface area contributed by atoms with Gasteiger partial charge in [-0.3, -0.25) is 4.98 Å². The highest BCUT2D eigenvalue weighted by atomic mass is 19.2. The molecule has 0 radical (unpaired) electrons. The Balaban J connectivity index is 1.88. The first-order valence-corrected chi connectivity index (χ1v) is 5.88. The van der Waals surface area contributed by atoms with Gasteiger partial charge in [-0.1, -0.05) is 0 Å². The van der Waals surface area contributed by atoms with Gasteiger partial charge in [0.2, 0.25) is 0 Å². The van der Waals surface area contributed by atoms with Crippen LogP contribution in [0.5, 0.6) is 0 Å². The van der Waals surface area contributed by atoms with Gasteiger partial charge in [0.15, 0.2) is 0 Å². The fourth-order valence-corrected chi connectivity index (χ4v) is 2.97. The zero-order valence-electron chi connectivity index (χ0n) is 9.38. The van der Waals surface area contributed by atoms with Gasteiger partial charge in [0, 0.05) is 30.7 Å². The maximum absolute atomic E-state index is 13.8. The number of fused-ring (bicyclic) bond motifs is 2. The lowest BCUT2D eigenvalue weighted by atomic mass is 10.1. The van der Waals surface area contributed by atoms with E-state index in [0.29, 0.717) is 0 Å².